The molecule has 0 unspecified atom stereocenters. The van der Waals surface area contributed by atoms with E-state index >= 15 is 0 Å². The van der Waals surface area contributed by atoms with E-state index in [2.05, 4.69) is 10.3 Å². The van der Waals surface area contributed by atoms with Gasteiger partial charge in [-0.15, -0.1) is 0 Å². The minimum absolute atomic E-state index is 0.0224. The molecule has 1 aromatic carbocycles. The Hall–Kier alpha value is -1.03. The maximum Gasteiger partial charge on any atom is 0.160 e. The molecule has 0 bridgehead atoms. The molecule has 18 heavy (non-hydrogen) atoms. The van der Waals surface area contributed by atoms with Crippen molar-refractivity contribution in [3.05, 3.63) is 57.0 Å². The van der Waals surface area contributed by atoms with Gasteiger partial charge in [0.05, 0.1) is 15.1 Å². The number of pyridine rings is 1. The van der Waals surface area contributed by atoms with Crippen LogP contribution in [0.15, 0.2) is 30.6 Å². The van der Waals surface area contributed by atoms with Crippen LogP contribution in [0.25, 0.3) is 0 Å². The van der Waals surface area contributed by atoms with Crippen molar-refractivity contribution in [1.29, 1.82) is 0 Å². The number of nitrogens with one attached hydrogen (secondary N) is 1. The van der Waals surface area contributed by atoms with E-state index in [1.807, 2.05) is 0 Å². The van der Waals surface area contributed by atoms with Crippen molar-refractivity contribution >= 4 is 40.5 Å². The van der Waals surface area contributed by atoms with Crippen LogP contribution in [0.5, 0.6) is 0 Å². The molecule has 1 heterocycles. The molecular weight excluding hydrogens is 298 g/mol. The summed E-state index contributed by atoms with van der Waals surface area (Å²) in [7, 11) is 0. The fourth-order valence-corrected chi connectivity index (χ4v) is 2.08. The molecule has 0 amide bonds. The number of halogens is 4. The summed E-state index contributed by atoms with van der Waals surface area (Å²) in [6, 6.07) is 4.73. The van der Waals surface area contributed by atoms with Gasteiger partial charge in [-0.25, -0.2) is 4.39 Å². The lowest BCUT2D eigenvalue weighted by Crippen LogP contribution is -2.00. The highest BCUT2D eigenvalue weighted by molar-refractivity contribution is 6.35. The maximum absolute atomic E-state index is 13.2. The van der Waals surface area contributed by atoms with Gasteiger partial charge in [0.2, 0.25) is 0 Å². The Morgan fingerprint density at radius 2 is 1.78 bits per heavy atom. The minimum atomic E-state index is -0.620. The number of rotatable bonds is 3. The molecule has 1 aromatic heterocycles. The van der Waals surface area contributed by atoms with Gasteiger partial charge in [-0.3, -0.25) is 4.98 Å². The molecule has 94 valence electrons. The van der Waals surface area contributed by atoms with E-state index in [0.717, 1.165) is 5.56 Å². The molecule has 0 aliphatic rings. The average Bonchev–Trinajstić information content (AvgIpc) is 2.35. The van der Waals surface area contributed by atoms with E-state index in [0.29, 0.717) is 17.3 Å². The number of aromatic nitrogens is 1. The van der Waals surface area contributed by atoms with Gasteiger partial charge < -0.3 is 5.32 Å². The second kappa shape index (κ2) is 5.74. The molecule has 0 fully saturated rings. The van der Waals surface area contributed by atoms with Crippen LogP contribution in [0.4, 0.5) is 10.1 Å². The molecule has 2 rings (SSSR count). The molecule has 0 aliphatic carbocycles. The van der Waals surface area contributed by atoms with Crippen molar-refractivity contribution in [1.82, 2.24) is 4.98 Å². The highest BCUT2D eigenvalue weighted by atomic mass is 35.5. The van der Waals surface area contributed by atoms with Crippen molar-refractivity contribution in [2.45, 2.75) is 6.54 Å². The van der Waals surface area contributed by atoms with Crippen molar-refractivity contribution in [3.8, 4) is 0 Å². The summed E-state index contributed by atoms with van der Waals surface area (Å²) in [5, 5.41) is 3.58. The smallest absolute Gasteiger partial charge is 0.160 e. The van der Waals surface area contributed by atoms with Crippen molar-refractivity contribution in [2.75, 3.05) is 5.32 Å². The van der Waals surface area contributed by atoms with Gasteiger partial charge in [0, 0.05) is 24.6 Å². The summed E-state index contributed by atoms with van der Waals surface area (Å²) in [6.45, 7) is 0.472. The van der Waals surface area contributed by atoms with Gasteiger partial charge in [-0.1, -0.05) is 34.8 Å². The number of hydrogen-bond donors (Lipinski definition) is 1. The predicted octanol–water partition coefficient (Wildman–Crippen LogP) is 4.79. The third-order valence-electron chi connectivity index (χ3n) is 2.32. The average molecular weight is 306 g/mol. The Morgan fingerprint density at radius 3 is 2.39 bits per heavy atom. The first-order chi connectivity index (χ1) is 8.58. The van der Waals surface area contributed by atoms with Crippen LogP contribution in [0.2, 0.25) is 15.1 Å². The second-order valence-corrected chi connectivity index (χ2v) is 4.80. The van der Waals surface area contributed by atoms with Crippen molar-refractivity contribution < 1.29 is 4.39 Å². The van der Waals surface area contributed by atoms with Gasteiger partial charge in [0.15, 0.2) is 5.82 Å². The number of hydrogen-bond acceptors (Lipinski definition) is 2. The zero-order valence-corrected chi connectivity index (χ0v) is 11.3. The standard InChI is InChI=1S/C12H8Cl3FN2/c13-9-3-8(4-10(14)12(9)16)18-5-7-1-2-17-6-11(7)15/h1-4,6,18H,5H2. The fraction of sp³-hybridized carbons (Fsp3) is 0.0833. The molecule has 0 saturated heterocycles. The van der Waals surface area contributed by atoms with Gasteiger partial charge in [-0.05, 0) is 23.8 Å². The second-order valence-electron chi connectivity index (χ2n) is 3.57. The number of anilines is 1. The SMILES string of the molecule is Fc1c(Cl)cc(NCc2ccncc2Cl)cc1Cl. The van der Waals surface area contributed by atoms with Crippen LogP contribution in [0.3, 0.4) is 0 Å². The topological polar surface area (TPSA) is 24.9 Å². The van der Waals surface area contributed by atoms with E-state index in [1.165, 1.54) is 12.1 Å². The Labute approximate surface area is 119 Å². The third kappa shape index (κ3) is 3.05. The molecule has 6 heteroatoms. The number of benzene rings is 1. The van der Waals surface area contributed by atoms with E-state index in [1.54, 1.807) is 18.5 Å². The van der Waals surface area contributed by atoms with Crippen LogP contribution < -0.4 is 5.32 Å². The first-order valence-electron chi connectivity index (χ1n) is 5.04. The Morgan fingerprint density at radius 1 is 1.11 bits per heavy atom. The third-order valence-corrected chi connectivity index (χ3v) is 3.21. The van der Waals surface area contributed by atoms with Crippen LogP contribution in [0.1, 0.15) is 5.56 Å². The van der Waals surface area contributed by atoms with Crippen LogP contribution >= 0.6 is 34.8 Å². The largest absolute Gasteiger partial charge is 0.381 e. The molecule has 0 spiro atoms. The lowest BCUT2D eigenvalue weighted by molar-refractivity contribution is 0.629. The lowest BCUT2D eigenvalue weighted by Gasteiger charge is -2.09. The Bertz CT molecular complexity index is 552. The Balaban J connectivity index is 2.14. The van der Waals surface area contributed by atoms with Crippen LogP contribution in [-0.4, -0.2) is 4.98 Å². The van der Waals surface area contributed by atoms with Crippen LogP contribution in [0, 0.1) is 5.82 Å². The molecule has 1 N–H and O–H groups in total. The predicted molar refractivity (Wildman–Crippen MR) is 73.0 cm³/mol. The quantitative estimate of drug-likeness (QED) is 0.824. The van der Waals surface area contributed by atoms with Gasteiger partial charge in [0.25, 0.3) is 0 Å². The highest BCUT2D eigenvalue weighted by Gasteiger charge is 2.07. The Kier molecular flexibility index (Phi) is 4.27. The summed E-state index contributed by atoms with van der Waals surface area (Å²) in [5.41, 5.74) is 1.50. The summed E-state index contributed by atoms with van der Waals surface area (Å²) in [6.07, 6.45) is 3.21. The zero-order chi connectivity index (χ0) is 13.1. The summed E-state index contributed by atoms with van der Waals surface area (Å²) in [4.78, 5) is 3.89. The first kappa shape index (κ1) is 13.4. The number of nitrogens with zero attached hydrogens (tertiary/aromatic N) is 1. The van der Waals surface area contributed by atoms with E-state index in [4.69, 9.17) is 34.8 Å². The maximum atomic E-state index is 13.2. The molecule has 0 radical (unpaired) electrons. The molecule has 2 nitrogen and oxygen atoms in total. The zero-order valence-electron chi connectivity index (χ0n) is 9.05. The lowest BCUT2D eigenvalue weighted by atomic mass is 10.2. The molecule has 0 saturated carbocycles. The summed E-state index contributed by atoms with van der Waals surface area (Å²) >= 11 is 17.4. The van der Waals surface area contributed by atoms with Crippen molar-refractivity contribution in [3.63, 3.8) is 0 Å². The minimum Gasteiger partial charge on any atom is -0.381 e. The van der Waals surface area contributed by atoms with Crippen LogP contribution in [-0.2, 0) is 6.54 Å². The normalized spacial score (nSPS) is 10.4. The van der Waals surface area contributed by atoms with Gasteiger partial charge >= 0.3 is 0 Å². The first-order valence-corrected chi connectivity index (χ1v) is 6.18. The summed E-state index contributed by atoms with van der Waals surface area (Å²) < 4.78 is 13.2. The van der Waals surface area contributed by atoms with Gasteiger partial charge in [0.1, 0.15) is 0 Å². The van der Waals surface area contributed by atoms with E-state index in [9.17, 15) is 4.39 Å². The molecule has 0 aliphatic heterocycles. The summed E-state index contributed by atoms with van der Waals surface area (Å²) in [5.74, 6) is -0.620. The van der Waals surface area contributed by atoms with Gasteiger partial charge in [-0.2, -0.15) is 0 Å². The fourth-order valence-electron chi connectivity index (χ4n) is 1.40. The van der Waals surface area contributed by atoms with E-state index < -0.39 is 5.82 Å². The molecule has 0 atom stereocenters. The monoisotopic (exact) mass is 304 g/mol. The highest BCUT2D eigenvalue weighted by Crippen LogP contribution is 2.27. The van der Waals surface area contributed by atoms with Crippen molar-refractivity contribution in [2.24, 2.45) is 0 Å². The molecule has 2 aromatic rings. The van der Waals surface area contributed by atoms with E-state index in [-0.39, 0.29) is 10.0 Å². The molecular formula is C12H8Cl3FN2.